The molecule has 0 aliphatic heterocycles. The van der Waals surface area contributed by atoms with Crippen molar-refractivity contribution >= 4 is 21.8 Å². The van der Waals surface area contributed by atoms with Crippen LogP contribution >= 0.6 is 0 Å². The second-order valence-corrected chi connectivity index (χ2v) is 10.00. The number of nitrogens with one attached hydrogen (secondary N) is 1. The van der Waals surface area contributed by atoms with Crippen LogP contribution in [0.5, 0.6) is 11.5 Å². The second-order valence-electron chi connectivity index (χ2n) is 8.45. The lowest BCUT2D eigenvalue weighted by atomic mass is 10.1. The van der Waals surface area contributed by atoms with E-state index < -0.39 is 26.8 Å². The van der Waals surface area contributed by atoms with E-state index in [1.54, 1.807) is 35.2 Å². The topological polar surface area (TPSA) is 84.9 Å². The smallest absolute Gasteiger partial charge is 0.416 e. The number of anilines is 1. The Bertz CT molecular complexity index is 1350. The number of amides is 2. The van der Waals surface area contributed by atoms with Crippen LogP contribution in [0.2, 0.25) is 0 Å². The molecular weight excluding hydrogens is 521 g/mol. The van der Waals surface area contributed by atoms with E-state index in [0.29, 0.717) is 36.1 Å². The molecule has 3 aromatic carbocycles. The zero-order chi connectivity index (χ0) is 27.9. The molecule has 2 amide bonds. The molecule has 0 spiro atoms. The minimum absolute atomic E-state index is 0.0728. The fourth-order valence-corrected chi connectivity index (χ4v) is 4.51. The summed E-state index contributed by atoms with van der Waals surface area (Å²) in [4.78, 5) is 14.2. The Morgan fingerprint density at radius 1 is 1.00 bits per heavy atom. The van der Waals surface area contributed by atoms with Gasteiger partial charge in [0.15, 0.2) is 0 Å². The van der Waals surface area contributed by atoms with E-state index in [2.05, 4.69) is 5.32 Å². The van der Waals surface area contributed by atoms with Crippen molar-refractivity contribution in [1.82, 2.24) is 4.90 Å². The highest BCUT2D eigenvalue weighted by molar-refractivity contribution is 7.87. The number of halogens is 3. The molecule has 0 heterocycles. The van der Waals surface area contributed by atoms with E-state index in [1.807, 2.05) is 26.8 Å². The maximum Gasteiger partial charge on any atom is 0.416 e. The molecule has 7 nitrogen and oxygen atoms in total. The lowest BCUT2D eigenvalue weighted by molar-refractivity contribution is -0.137. The molecule has 0 aromatic heterocycles. The standard InChI is InChI=1S/C27H29F3N2O5S/c1-4-19(3)32(26(33)31-24-11-6-7-12-25(24)36-5-2)18-20-13-15-22(16-14-20)37-38(34,35)23-10-8-9-21(17-23)27(28,29)30/h6-17,19H,4-5,18H2,1-3H3,(H,31,33). The van der Waals surface area contributed by atoms with Crippen LogP contribution in [-0.4, -0.2) is 32.0 Å². The SMILES string of the molecule is CCOc1ccccc1NC(=O)N(Cc1ccc(OS(=O)(=O)c2cccc(C(F)(F)F)c2)cc1)C(C)CC. The second kappa shape index (κ2) is 12.2. The van der Waals surface area contributed by atoms with Gasteiger partial charge in [0.05, 0.1) is 17.9 Å². The average molecular weight is 551 g/mol. The molecule has 3 rings (SSSR count). The van der Waals surface area contributed by atoms with E-state index in [-0.39, 0.29) is 24.4 Å². The summed E-state index contributed by atoms with van der Waals surface area (Å²) in [7, 11) is -4.49. The normalized spacial score (nSPS) is 12.5. The number of rotatable bonds is 10. The Kier molecular flexibility index (Phi) is 9.26. The van der Waals surface area contributed by atoms with Gasteiger partial charge in [0, 0.05) is 12.6 Å². The van der Waals surface area contributed by atoms with Crippen molar-refractivity contribution in [2.45, 2.75) is 50.9 Å². The van der Waals surface area contributed by atoms with Gasteiger partial charge in [-0.15, -0.1) is 0 Å². The van der Waals surface area contributed by atoms with Gasteiger partial charge in [-0.1, -0.05) is 37.3 Å². The zero-order valence-electron chi connectivity index (χ0n) is 21.2. The first kappa shape index (κ1) is 28.8. The van der Waals surface area contributed by atoms with Crippen molar-refractivity contribution < 1.29 is 35.3 Å². The number of nitrogens with zero attached hydrogens (tertiary/aromatic N) is 1. The number of ether oxygens (including phenoxy) is 1. The number of para-hydroxylation sites is 2. The summed E-state index contributed by atoms with van der Waals surface area (Å²) in [5, 5.41) is 2.88. The zero-order valence-corrected chi connectivity index (χ0v) is 22.0. The maximum absolute atomic E-state index is 13.2. The molecule has 11 heteroatoms. The molecule has 0 bridgehead atoms. The van der Waals surface area contributed by atoms with E-state index in [0.717, 1.165) is 18.2 Å². The summed E-state index contributed by atoms with van der Waals surface area (Å²) < 4.78 is 74.6. The Labute approximate surface area is 220 Å². The first-order valence-corrected chi connectivity index (χ1v) is 13.4. The molecule has 0 saturated heterocycles. The Morgan fingerprint density at radius 3 is 2.32 bits per heavy atom. The predicted octanol–water partition coefficient (Wildman–Crippen LogP) is 6.70. The molecule has 0 radical (unpaired) electrons. The van der Waals surface area contributed by atoms with Crippen molar-refractivity contribution in [3.05, 3.63) is 83.9 Å². The van der Waals surface area contributed by atoms with Crippen molar-refractivity contribution in [3.8, 4) is 11.5 Å². The number of hydrogen-bond donors (Lipinski definition) is 1. The van der Waals surface area contributed by atoms with Gasteiger partial charge in [0.25, 0.3) is 0 Å². The number of alkyl halides is 3. The Balaban J connectivity index is 1.74. The quantitative estimate of drug-likeness (QED) is 0.284. The van der Waals surface area contributed by atoms with Crippen LogP contribution in [0.1, 0.15) is 38.3 Å². The van der Waals surface area contributed by atoms with Crippen molar-refractivity contribution in [2.75, 3.05) is 11.9 Å². The fraction of sp³-hybridized carbons (Fsp3) is 0.296. The number of hydrogen-bond acceptors (Lipinski definition) is 5. The van der Waals surface area contributed by atoms with Crippen LogP contribution in [0.4, 0.5) is 23.7 Å². The monoisotopic (exact) mass is 550 g/mol. The van der Waals surface area contributed by atoms with E-state index in [4.69, 9.17) is 8.92 Å². The van der Waals surface area contributed by atoms with Gasteiger partial charge in [-0.2, -0.15) is 21.6 Å². The molecule has 0 saturated carbocycles. The first-order valence-electron chi connectivity index (χ1n) is 11.9. The van der Waals surface area contributed by atoms with Gasteiger partial charge in [-0.3, -0.25) is 0 Å². The molecule has 1 unspecified atom stereocenters. The van der Waals surface area contributed by atoms with Crippen LogP contribution in [0.3, 0.4) is 0 Å². The Hall–Kier alpha value is -3.73. The molecule has 204 valence electrons. The minimum Gasteiger partial charge on any atom is -0.492 e. The molecule has 0 aliphatic rings. The maximum atomic E-state index is 13.2. The summed E-state index contributed by atoms with van der Waals surface area (Å²) in [5.41, 5.74) is 0.142. The molecule has 0 fully saturated rings. The van der Waals surface area contributed by atoms with Crippen molar-refractivity contribution in [1.29, 1.82) is 0 Å². The highest BCUT2D eigenvalue weighted by Gasteiger charge is 2.32. The third-order valence-corrected chi connectivity index (χ3v) is 6.99. The lowest BCUT2D eigenvalue weighted by Crippen LogP contribution is -2.40. The molecule has 38 heavy (non-hydrogen) atoms. The number of urea groups is 1. The van der Waals surface area contributed by atoms with Gasteiger partial charge in [0.2, 0.25) is 0 Å². The summed E-state index contributed by atoms with van der Waals surface area (Å²) >= 11 is 0. The molecular formula is C27H29F3N2O5S. The first-order chi connectivity index (χ1) is 17.9. The number of carbonyl (C=O) groups is 1. The summed E-state index contributed by atoms with van der Waals surface area (Å²) in [6.45, 7) is 6.38. The lowest BCUT2D eigenvalue weighted by Gasteiger charge is -2.29. The van der Waals surface area contributed by atoms with E-state index >= 15 is 0 Å². The van der Waals surface area contributed by atoms with Gasteiger partial charge >= 0.3 is 22.3 Å². The molecule has 1 atom stereocenters. The van der Waals surface area contributed by atoms with E-state index in [9.17, 15) is 26.4 Å². The van der Waals surface area contributed by atoms with Crippen LogP contribution in [-0.2, 0) is 22.8 Å². The van der Waals surface area contributed by atoms with Gasteiger partial charge in [-0.25, -0.2) is 4.79 Å². The van der Waals surface area contributed by atoms with Crippen LogP contribution in [0.25, 0.3) is 0 Å². The largest absolute Gasteiger partial charge is 0.492 e. The fourth-order valence-electron chi connectivity index (χ4n) is 3.54. The highest BCUT2D eigenvalue weighted by Crippen LogP contribution is 2.31. The number of carbonyl (C=O) groups excluding carboxylic acids is 1. The summed E-state index contributed by atoms with van der Waals surface area (Å²) in [6, 6.07) is 15.9. The highest BCUT2D eigenvalue weighted by atomic mass is 32.2. The summed E-state index contributed by atoms with van der Waals surface area (Å²) in [5.74, 6) is 0.479. The summed E-state index contributed by atoms with van der Waals surface area (Å²) in [6.07, 6.45) is -4.00. The molecule has 0 aliphatic carbocycles. The number of benzene rings is 3. The average Bonchev–Trinajstić information content (AvgIpc) is 2.88. The predicted molar refractivity (Wildman–Crippen MR) is 138 cm³/mol. The van der Waals surface area contributed by atoms with Crippen LogP contribution < -0.4 is 14.2 Å². The van der Waals surface area contributed by atoms with Gasteiger partial charge in [0.1, 0.15) is 16.4 Å². The van der Waals surface area contributed by atoms with E-state index in [1.165, 1.54) is 12.1 Å². The van der Waals surface area contributed by atoms with Crippen LogP contribution in [0, 0.1) is 0 Å². The molecule has 3 aromatic rings. The van der Waals surface area contributed by atoms with Gasteiger partial charge in [-0.05, 0) is 68.3 Å². The third kappa shape index (κ3) is 7.41. The molecule has 1 N–H and O–H groups in total. The third-order valence-electron chi connectivity index (χ3n) is 5.74. The minimum atomic E-state index is -4.69. The van der Waals surface area contributed by atoms with Crippen molar-refractivity contribution in [2.24, 2.45) is 0 Å². The Morgan fingerprint density at radius 2 is 1.68 bits per heavy atom. The van der Waals surface area contributed by atoms with Crippen molar-refractivity contribution in [3.63, 3.8) is 0 Å². The van der Waals surface area contributed by atoms with Gasteiger partial charge < -0.3 is 19.1 Å². The van der Waals surface area contributed by atoms with Crippen LogP contribution in [0.15, 0.2) is 77.7 Å².